The molecule has 0 aliphatic heterocycles. The average molecular weight is 265 g/mol. The van der Waals surface area contributed by atoms with Crippen molar-refractivity contribution in [2.24, 2.45) is 0 Å². The third-order valence-electron chi connectivity index (χ3n) is 2.48. The molecule has 1 rings (SSSR count). The Bertz CT molecular complexity index is 457. The number of amides is 1. The van der Waals surface area contributed by atoms with Crippen LogP contribution in [0.3, 0.4) is 0 Å². The second-order valence-electron chi connectivity index (χ2n) is 4.38. The molecule has 1 amide bonds. The average Bonchev–Trinajstić information content (AvgIpc) is 2.35. The quantitative estimate of drug-likeness (QED) is 0.854. The Hall–Kier alpha value is -2.04. The molecule has 0 heterocycles. The van der Waals surface area contributed by atoms with E-state index in [4.69, 9.17) is 9.84 Å². The number of aliphatic carboxylic acids is 1. The third-order valence-corrected chi connectivity index (χ3v) is 2.48. The van der Waals surface area contributed by atoms with Gasteiger partial charge in [-0.3, -0.25) is 9.59 Å². The molecule has 0 saturated heterocycles. The van der Waals surface area contributed by atoms with Gasteiger partial charge in [-0.2, -0.15) is 0 Å². The first-order chi connectivity index (χ1) is 8.95. The number of hydrogen-bond donors (Lipinski definition) is 1. The highest BCUT2D eigenvalue weighted by Gasteiger charge is 2.20. The normalized spacial score (nSPS) is 10.3. The summed E-state index contributed by atoms with van der Waals surface area (Å²) in [6.45, 7) is 5.51. The summed E-state index contributed by atoms with van der Waals surface area (Å²) >= 11 is 0. The topological polar surface area (TPSA) is 66.8 Å². The Balaban J connectivity index is 3.00. The van der Waals surface area contributed by atoms with E-state index in [1.807, 2.05) is 13.8 Å². The molecular formula is C14H19NO4. The van der Waals surface area contributed by atoms with Gasteiger partial charge < -0.3 is 14.7 Å². The van der Waals surface area contributed by atoms with E-state index in [1.54, 1.807) is 31.2 Å². The lowest BCUT2D eigenvalue weighted by molar-refractivity contribution is -0.137. The fraction of sp³-hybridized carbons (Fsp3) is 0.429. The maximum Gasteiger partial charge on any atom is 0.323 e. The molecule has 0 unspecified atom stereocenters. The van der Waals surface area contributed by atoms with Crippen LogP contribution in [0.4, 0.5) is 0 Å². The van der Waals surface area contributed by atoms with E-state index in [9.17, 15) is 9.59 Å². The largest absolute Gasteiger partial charge is 0.490 e. The summed E-state index contributed by atoms with van der Waals surface area (Å²) in [6.07, 6.45) is -0.0523. The van der Waals surface area contributed by atoms with E-state index in [0.717, 1.165) is 0 Å². The molecule has 0 spiro atoms. The number of carboxylic acids is 1. The molecule has 5 heteroatoms. The van der Waals surface area contributed by atoms with E-state index in [1.165, 1.54) is 4.90 Å². The maximum absolute atomic E-state index is 12.3. The monoisotopic (exact) mass is 265 g/mol. The van der Waals surface area contributed by atoms with Crippen molar-refractivity contribution in [3.05, 3.63) is 29.8 Å². The molecule has 1 aromatic rings. The fourth-order valence-electron chi connectivity index (χ4n) is 1.66. The Labute approximate surface area is 112 Å². The molecule has 19 heavy (non-hydrogen) atoms. The summed E-state index contributed by atoms with van der Waals surface area (Å²) in [4.78, 5) is 24.3. The van der Waals surface area contributed by atoms with Crippen molar-refractivity contribution in [2.45, 2.75) is 26.9 Å². The van der Waals surface area contributed by atoms with Crippen LogP contribution in [0.1, 0.15) is 31.1 Å². The standard InChI is InChI=1S/C14H19NO4/c1-4-15(9-13(16)17)14(18)11-7-5-6-8-12(11)19-10(2)3/h5-8,10H,4,9H2,1-3H3,(H,16,17). The van der Waals surface area contributed by atoms with Gasteiger partial charge in [0.05, 0.1) is 11.7 Å². The van der Waals surface area contributed by atoms with Crippen LogP contribution < -0.4 is 4.74 Å². The van der Waals surface area contributed by atoms with Gasteiger partial charge in [-0.15, -0.1) is 0 Å². The zero-order chi connectivity index (χ0) is 14.4. The van der Waals surface area contributed by atoms with Crippen LogP contribution in [0, 0.1) is 0 Å². The molecular weight excluding hydrogens is 246 g/mol. The highest BCUT2D eigenvalue weighted by Crippen LogP contribution is 2.21. The smallest absolute Gasteiger partial charge is 0.323 e. The summed E-state index contributed by atoms with van der Waals surface area (Å²) in [5.41, 5.74) is 0.388. The highest BCUT2D eigenvalue weighted by molar-refractivity contribution is 5.98. The van der Waals surface area contributed by atoms with Gasteiger partial charge in [0, 0.05) is 6.54 Å². The van der Waals surface area contributed by atoms with E-state index in [2.05, 4.69) is 0 Å². The van der Waals surface area contributed by atoms with Gasteiger partial charge in [-0.25, -0.2) is 0 Å². The van der Waals surface area contributed by atoms with Crippen LogP contribution in [0.5, 0.6) is 5.75 Å². The minimum atomic E-state index is -1.03. The van der Waals surface area contributed by atoms with Gasteiger partial charge in [0.2, 0.25) is 0 Å². The van der Waals surface area contributed by atoms with Crippen LogP contribution >= 0.6 is 0 Å². The second kappa shape index (κ2) is 6.78. The first kappa shape index (κ1) is 15.0. The summed E-state index contributed by atoms with van der Waals surface area (Å²) in [5.74, 6) is -0.884. The van der Waals surface area contributed by atoms with Crippen LogP contribution in [-0.2, 0) is 4.79 Å². The third kappa shape index (κ3) is 4.28. The maximum atomic E-state index is 12.3. The Morgan fingerprint density at radius 2 is 1.95 bits per heavy atom. The van der Waals surface area contributed by atoms with Gasteiger partial charge >= 0.3 is 5.97 Å². The zero-order valence-corrected chi connectivity index (χ0v) is 11.4. The Morgan fingerprint density at radius 1 is 1.32 bits per heavy atom. The van der Waals surface area contributed by atoms with E-state index >= 15 is 0 Å². The number of nitrogens with zero attached hydrogens (tertiary/aromatic N) is 1. The molecule has 0 saturated carbocycles. The molecule has 5 nitrogen and oxygen atoms in total. The predicted molar refractivity (Wildman–Crippen MR) is 71.4 cm³/mol. The van der Waals surface area contributed by atoms with Crippen LogP contribution in [-0.4, -0.2) is 41.1 Å². The number of carbonyl (C=O) groups excluding carboxylic acids is 1. The van der Waals surface area contributed by atoms with Crippen molar-refractivity contribution in [1.82, 2.24) is 4.90 Å². The lowest BCUT2D eigenvalue weighted by Gasteiger charge is -2.21. The molecule has 0 radical (unpaired) electrons. The van der Waals surface area contributed by atoms with E-state index < -0.39 is 5.97 Å². The van der Waals surface area contributed by atoms with E-state index in [-0.39, 0.29) is 18.6 Å². The van der Waals surface area contributed by atoms with Crippen molar-refractivity contribution in [2.75, 3.05) is 13.1 Å². The van der Waals surface area contributed by atoms with Crippen LogP contribution in [0.25, 0.3) is 0 Å². The highest BCUT2D eigenvalue weighted by atomic mass is 16.5. The molecule has 1 aromatic carbocycles. The minimum absolute atomic E-state index is 0.0523. The number of para-hydroxylation sites is 1. The molecule has 0 atom stereocenters. The van der Waals surface area contributed by atoms with Crippen molar-refractivity contribution in [3.8, 4) is 5.75 Å². The van der Waals surface area contributed by atoms with Crippen molar-refractivity contribution >= 4 is 11.9 Å². The number of benzene rings is 1. The molecule has 0 bridgehead atoms. The first-order valence-corrected chi connectivity index (χ1v) is 6.22. The Morgan fingerprint density at radius 3 is 2.47 bits per heavy atom. The minimum Gasteiger partial charge on any atom is -0.490 e. The second-order valence-corrected chi connectivity index (χ2v) is 4.38. The first-order valence-electron chi connectivity index (χ1n) is 6.22. The van der Waals surface area contributed by atoms with Gasteiger partial charge in [0.25, 0.3) is 5.91 Å². The Kier molecular flexibility index (Phi) is 5.36. The lowest BCUT2D eigenvalue weighted by Crippen LogP contribution is -2.35. The molecule has 0 aliphatic carbocycles. The zero-order valence-electron chi connectivity index (χ0n) is 11.4. The van der Waals surface area contributed by atoms with Gasteiger partial charge in [-0.05, 0) is 32.9 Å². The van der Waals surface area contributed by atoms with Gasteiger partial charge in [0.15, 0.2) is 0 Å². The summed E-state index contributed by atoms with van der Waals surface area (Å²) in [7, 11) is 0. The number of ether oxygens (including phenoxy) is 1. The van der Waals surface area contributed by atoms with Crippen LogP contribution in [0.15, 0.2) is 24.3 Å². The van der Waals surface area contributed by atoms with Crippen molar-refractivity contribution in [1.29, 1.82) is 0 Å². The fourth-order valence-corrected chi connectivity index (χ4v) is 1.66. The SMILES string of the molecule is CCN(CC(=O)O)C(=O)c1ccccc1OC(C)C. The summed E-state index contributed by atoms with van der Waals surface area (Å²) in [6, 6.07) is 6.86. The number of hydrogen-bond acceptors (Lipinski definition) is 3. The molecule has 0 aliphatic rings. The van der Waals surface area contributed by atoms with Gasteiger partial charge in [0.1, 0.15) is 12.3 Å². The number of carbonyl (C=O) groups is 2. The van der Waals surface area contributed by atoms with Crippen molar-refractivity contribution < 1.29 is 19.4 Å². The molecule has 0 aromatic heterocycles. The molecule has 0 fully saturated rings. The molecule has 104 valence electrons. The van der Waals surface area contributed by atoms with Gasteiger partial charge in [-0.1, -0.05) is 12.1 Å². The van der Waals surface area contributed by atoms with Crippen LogP contribution in [0.2, 0.25) is 0 Å². The number of likely N-dealkylation sites (N-methyl/N-ethyl adjacent to an activating group) is 1. The number of carboxylic acid groups (broad SMARTS) is 1. The van der Waals surface area contributed by atoms with Crippen molar-refractivity contribution in [3.63, 3.8) is 0 Å². The predicted octanol–water partition coefficient (Wildman–Crippen LogP) is 2.02. The number of rotatable bonds is 6. The summed E-state index contributed by atoms with van der Waals surface area (Å²) in [5, 5.41) is 8.80. The molecule has 1 N–H and O–H groups in total. The van der Waals surface area contributed by atoms with E-state index in [0.29, 0.717) is 17.9 Å². The lowest BCUT2D eigenvalue weighted by atomic mass is 10.1. The summed E-state index contributed by atoms with van der Waals surface area (Å²) < 4.78 is 5.57.